The first-order valence-corrected chi connectivity index (χ1v) is 11.3. The third-order valence-corrected chi connectivity index (χ3v) is 6.23. The summed E-state index contributed by atoms with van der Waals surface area (Å²) in [7, 11) is 1.75. The monoisotopic (exact) mass is 423 g/mol. The molecule has 5 rings (SSSR count). The van der Waals surface area contributed by atoms with Gasteiger partial charge in [0.25, 0.3) is 0 Å². The normalized spacial score (nSPS) is 14.5. The lowest BCUT2D eigenvalue weighted by atomic mass is 10.1. The Hall–Kier alpha value is -3.50. The van der Waals surface area contributed by atoms with Gasteiger partial charge in [0.05, 0.1) is 18.5 Å². The molecular weight excluding hydrogens is 394 g/mol. The van der Waals surface area contributed by atoms with Crippen molar-refractivity contribution in [1.82, 2.24) is 9.47 Å². The number of para-hydroxylation sites is 3. The molecule has 0 N–H and O–H groups in total. The van der Waals surface area contributed by atoms with Crippen LogP contribution in [0.3, 0.4) is 0 Å². The van der Waals surface area contributed by atoms with E-state index in [9.17, 15) is 0 Å². The van der Waals surface area contributed by atoms with Crippen molar-refractivity contribution in [2.24, 2.45) is 0 Å². The summed E-state index contributed by atoms with van der Waals surface area (Å²) in [5.41, 5.74) is 6.19. The number of hydrogen-bond donors (Lipinski definition) is 0. The standard InChI is InChI=1S/C28H29N3O/c1-32-28-15-9-8-14-27(28)30-20-18-29(19-21-30)22-25-16-17-26(23-10-4-2-5-11-23)31(25)24-12-6-3-7-13-24/h2-17H,18-22H2,1H3. The van der Waals surface area contributed by atoms with Crippen LogP contribution in [0, 0.1) is 0 Å². The Labute approximate surface area is 190 Å². The van der Waals surface area contributed by atoms with Gasteiger partial charge in [-0.1, -0.05) is 60.7 Å². The maximum absolute atomic E-state index is 5.57. The zero-order chi connectivity index (χ0) is 21.8. The Morgan fingerprint density at radius 3 is 2.06 bits per heavy atom. The Bertz CT molecular complexity index is 1150. The van der Waals surface area contributed by atoms with Gasteiger partial charge in [0.15, 0.2) is 0 Å². The molecule has 1 aliphatic heterocycles. The highest BCUT2D eigenvalue weighted by Crippen LogP contribution is 2.30. The van der Waals surface area contributed by atoms with Gasteiger partial charge in [-0.15, -0.1) is 0 Å². The first kappa shape index (κ1) is 20.4. The number of nitrogens with zero attached hydrogens (tertiary/aromatic N) is 3. The molecule has 0 radical (unpaired) electrons. The number of benzene rings is 3. The Morgan fingerprint density at radius 1 is 0.688 bits per heavy atom. The molecule has 3 aromatic carbocycles. The van der Waals surface area contributed by atoms with E-state index in [1.807, 2.05) is 12.1 Å². The Balaban J connectivity index is 1.37. The summed E-state index contributed by atoms with van der Waals surface area (Å²) in [6.45, 7) is 4.98. The highest BCUT2D eigenvalue weighted by Gasteiger charge is 2.21. The molecule has 1 saturated heterocycles. The second-order valence-corrected chi connectivity index (χ2v) is 8.18. The predicted molar refractivity (Wildman–Crippen MR) is 132 cm³/mol. The third kappa shape index (κ3) is 4.14. The van der Waals surface area contributed by atoms with Crippen LogP contribution < -0.4 is 9.64 Å². The molecule has 2 heterocycles. The van der Waals surface area contributed by atoms with Crippen molar-refractivity contribution >= 4 is 5.69 Å². The Morgan fingerprint density at radius 2 is 1.34 bits per heavy atom. The summed E-state index contributed by atoms with van der Waals surface area (Å²) in [5, 5.41) is 0. The molecular formula is C28H29N3O. The molecule has 0 aliphatic carbocycles. The molecule has 1 fully saturated rings. The summed E-state index contributed by atoms with van der Waals surface area (Å²) in [4.78, 5) is 4.98. The first-order chi connectivity index (χ1) is 15.8. The van der Waals surface area contributed by atoms with Crippen molar-refractivity contribution in [3.63, 3.8) is 0 Å². The fraction of sp³-hybridized carbons (Fsp3) is 0.214. The molecule has 0 amide bonds. The quantitative estimate of drug-likeness (QED) is 0.410. The van der Waals surface area contributed by atoms with E-state index in [4.69, 9.17) is 4.74 Å². The smallest absolute Gasteiger partial charge is 0.142 e. The van der Waals surface area contributed by atoms with Gasteiger partial charge in [0.2, 0.25) is 0 Å². The molecule has 0 spiro atoms. The number of aromatic nitrogens is 1. The molecule has 1 aromatic heterocycles. The van der Waals surface area contributed by atoms with Crippen molar-refractivity contribution in [1.29, 1.82) is 0 Å². The van der Waals surface area contributed by atoms with E-state index < -0.39 is 0 Å². The third-order valence-electron chi connectivity index (χ3n) is 6.23. The van der Waals surface area contributed by atoms with Gasteiger partial charge in [0.1, 0.15) is 5.75 Å². The molecule has 4 nitrogen and oxygen atoms in total. The summed E-state index contributed by atoms with van der Waals surface area (Å²) in [6, 6.07) is 34.2. The number of rotatable bonds is 6. The van der Waals surface area contributed by atoms with E-state index in [1.54, 1.807) is 7.11 Å². The minimum absolute atomic E-state index is 0.932. The zero-order valence-electron chi connectivity index (χ0n) is 18.5. The van der Waals surface area contributed by atoms with E-state index in [0.29, 0.717) is 0 Å². The van der Waals surface area contributed by atoms with Crippen LogP contribution in [0.2, 0.25) is 0 Å². The average molecular weight is 424 g/mol. The van der Waals surface area contributed by atoms with Crippen LogP contribution in [-0.4, -0.2) is 42.8 Å². The number of anilines is 1. The van der Waals surface area contributed by atoms with Crippen LogP contribution in [0.15, 0.2) is 97.1 Å². The number of piperazine rings is 1. The van der Waals surface area contributed by atoms with Crippen molar-refractivity contribution in [2.45, 2.75) is 6.54 Å². The maximum Gasteiger partial charge on any atom is 0.142 e. The lowest BCUT2D eigenvalue weighted by Crippen LogP contribution is -2.46. The second kappa shape index (κ2) is 9.33. The highest BCUT2D eigenvalue weighted by atomic mass is 16.5. The molecule has 0 atom stereocenters. The second-order valence-electron chi connectivity index (χ2n) is 8.18. The summed E-state index contributed by atoms with van der Waals surface area (Å²) >= 11 is 0. The lowest BCUT2D eigenvalue weighted by molar-refractivity contribution is 0.245. The lowest BCUT2D eigenvalue weighted by Gasteiger charge is -2.36. The minimum atomic E-state index is 0.932. The largest absolute Gasteiger partial charge is 0.495 e. The summed E-state index contributed by atoms with van der Waals surface area (Å²) in [6.07, 6.45) is 0. The van der Waals surface area contributed by atoms with Gasteiger partial charge in [-0.3, -0.25) is 4.90 Å². The van der Waals surface area contributed by atoms with Gasteiger partial charge in [0, 0.05) is 44.1 Å². The van der Waals surface area contributed by atoms with Gasteiger partial charge in [-0.25, -0.2) is 0 Å². The van der Waals surface area contributed by atoms with Crippen LogP contribution in [0.4, 0.5) is 5.69 Å². The van der Waals surface area contributed by atoms with Gasteiger partial charge < -0.3 is 14.2 Å². The van der Waals surface area contributed by atoms with Crippen LogP contribution in [-0.2, 0) is 6.54 Å². The number of hydrogen-bond acceptors (Lipinski definition) is 3. The van der Waals surface area contributed by atoms with Gasteiger partial charge in [-0.05, 0) is 42.0 Å². The van der Waals surface area contributed by atoms with Crippen molar-refractivity contribution < 1.29 is 4.74 Å². The van der Waals surface area contributed by atoms with Crippen LogP contribution in [0.25, 0.3) is 16.9 Å². The highest BCUT2D eigenvalue weighted by molar-refractivity contribution is 5.64. The topological polar surface area (TPSA) is 20.6 Å². The SMILES string of the molecule is COc1ccccc1N1CCN(Cc2ccc(-c3ccccc3)n2-c2ccccc2)CC1. The zero-order valence-corrected chi connectivity index (χ0v) is 18.5. The summed E-state index contributed by atoms with van der Waals surface area (Å²) in [5.74, 6) is 0.950. The van der Waals surface area contributed by atoms with Crippen LogP contribution in [0.1, 0.15) is 5.69 Å². The van der Waals surface area contributed by atoms with Crippen LogP contribution >= 0.6 is 0 Å². The van der Waals surface area contributed by atoms with E-state index in [2.05, 4.69) is 99.3 Å². The van der Waals surface area contributed by atoms with Gasteiger partial charge in [-0.2, -0.15) is 0 Å². The van der Waals surface area contributed by atoms with Crippen molar-refractivity contribution in [3.8, 4) is 22.7 Å². The number of ether oxygens (including phenoxy) is 1. The summed E-state index contributed by atoms with van der Waals surface area (Å²) < 4.78 is 7.98. The predicted octanol–water partition coefficient (Wildman–Crippen LogP) is 5.48. The van der Waals surface area contributed by atoms with Crippen LogP contribution in [0.5, 0.6) is 5.75 Å². The van der Waals surface area contributed by atoms with E-state index in [-0.39, 0.29) is 0 Å². The van der Waals surface area contributed by atoms with Gasteiger partial charge >= 0.3 is 0 Å². The minimum Gasteiger partial charge on any atom is -0.495 e. The van der Waals surface area contributed by atoms with E-state index in [1.165, 1.54) is 28.3 Å². The van der Waals surface area contributed by atoms with Crippen molar-refractivity contribution in [2.75, 3.05) is 38.2 Å². The molecule has 0 bridgehead atoms. The van der Waals surface area contributed by atoms with E-state index >= 15 is 0 Å². The fourth-order valence-corrected chi connectivity index (χ4v) is 4.59. The molecule has 4 aromatic rings. The van der Waals surface area contributed by atoms with E-state index in [0.717, 1.165) is 38.5 Å². The number of methoxy groups -OCH3 is 1. The molecule has 4 heteroatoms. The first-order valence-electron chi connectivity index (χ1n) is 11.3. The molecule has 0 saturated carbocycles. The fourth-order valence-electron chi connectivity index (χ4n) is 4.59. The maximum atomic E-state index is 5.57. The Kier molecular flexibility index (Phi) is 5.95. The van der Waals surface area contributed by atoms with Crippen molar-refractivity contribution in [3.05, 3.63) is 103 Å². The molecule has 32 heavy (non-hydrogen) atoms. The molecule has 0 unspecified atom stereocenters. The molecule has 1 aliphatic rings. The molecule has 162 valence electrons. The average Bonchev–Trinajstić information content (AvgIpc) is 3.29.